The van der Waals surface area contributed by atoms with Gasteiger partial charge in [-0.2, -0.15) is 0 Å². The smallest absolute Gasteiger partial charge is 0.234 e. The lowest BCUT2D eigenvalue weighted by Crippen LogP contribution is -1.88. The standard InChI is InChI=1S/C9H11N3.C2H6/c1-3-8-7(2)12-6-4-5-10-9(12)11-8;1-2/h4-6H,3H2,1-2H3;1-2H3. The van der Waals surface area contributed by atoms with Crippen LogP contribution in [0, 0.1) is 6.92 Å². The summed E-state index contributed by atoms with van der Waals surface area (Å²) < 4.78 is 2.01. The highest BCUT2D eigenvalue weighted by molar-refractivity contribution is 5.34. The SMILES string of the molecule is CC.CCc1nc2ncccn2c1C. The van der Waals surface area contributed by atoms with Crippen molar-refractivity contribution in [2.24, 2.45) is 0 Å². The van der Waals surface area contributed by atoms with Crippen LogP contribution in [-0.2, 0) is 6.42 Å². The fourth-order valence-electron chi connectivity index (χ4n) is 1.38. The summed E-state index contributed by atoms with van der Waals surface area (Å²) in [6.45, 7) is 8.18. The van der Waals surface area contributed by atoms with Gasteiger partial charge in [-0.1, -0.05) is 20.8 Å². The largest absolute Gasteiger partial charge is 0.288 e. The first kappa shape index (κ1) is 10.7. The van der Waals surface area contributed by atoms with Crippen LogP contribution in [0.3, 0.4) is 0 Å². The Labute approximate surface area is 84.8 Å². The molecule has 0 fully saturated rings. The molecule has 3 nitrogen and oxygen atoms in total. The first-order valence-electron chi connectivity index (χ1n) is 5.11. The number of hydrogen-bond donors (Lipinski definition) is 0. The third-order valence-corrected chi connectivity index (χ3v) is 2.08. The molecule has 0 aromatic carbocycles. The fraction of sp³-hybridized carbons (Fsp3) is 0.455. The van der Waals surface area contributed by atoms with E-state index in [-0.39, 0.29) is 0 Å². The van der Waals surface area contributed by atoms with Gasteiger partial charge in [-0.05, 0) is 19.4 Å². The number of rotatable bonds is 1. The molecule has 0 radical (unpaired) electrons. The molecule has 0 bridgehead atoms. The molecule has 0 N–H and O–H groups in total. The molecular formula is C11H17N3. The molecule has 0 aliphatic heterocycles. The summed E-state index contributed by atoms with van der Waals surface area (Å²) in [6.07, 6.45) is 4.72. The summed E-state index contributed by atoms with van der Waals surface area (Å²) >= 11 is 0. The number of hydrogen-bond acceptors (Lipinski definition) is 2. The highest BCUT2D eigenvalue weighted by Crippen LogP contribution is 2.09. The van der Waals surface area contributed by atoms with Crippen LogP contribution in [0.15, 0.2) is 18.5 Å². The Morgan fingerprint density at radius 3 is 2.64 bits per heavy atom. The molecule has 0 aliphatic rings. The quantitative estimate of drug-likeness (QED) is 0.693. The van der Waals surface area contributed by atoms with Crippen LogP contribution in [0.4, 0.5) is 0 Å². The molecule has 0 saturated carbocycles. The van der Waals surface area contributed by atoms with Crippen molar-refractivity contribution in [1.82, 2.24) is 14.4 Å². The van der Waals surface area contributed by atoms with E-state index in [0.717, 1.165) is 17.9 Å². The van der Waals surface area contributed by atoms with Crippen LogP contribution in [0.25, 0.3) is 5.78 Å². The predicted molar refractivity (Wildman–Crippen MR) is 58.5 cm³/mol. The van der Waals surface area contributed by atoms with E-state index in [1.807, 2.05) is 30.5 Å². The maximum atomic E-state index is 4.38. The summed E-state index contributed by atoms with van der Waals surface area (Å²) in [7, 11) is 0. The molecule has 14 heavy (non-hydrogen) atoms. The summed E-state index contributed by atoms with van der Waals surface area (Å²) in [5.74, 6) is 0.798. The second-order valence-electron chi connectivity index (χ2n) is 2.79. The average Bonchev–Trinajstić information content (AvgIpc) is 2.59. The Morgan fingerprint density at radius 1 is 1.36 bits per heavy atom. The summed E-state index contributed by atoms with van der Waals surface area (Å²) in [5.41, 5.74) is 2.33. The third-order valence-electron chi connectivity index (χ3n) is 2.08. The number of fused-ring (bicyclic) bond motifs is 1. The first-order valence-corrected chi connectivity index (χ1v) is 5.11. The van der Waals surface area contributed by atoms with Crippen LogP contribution >= 0.6 is 0 Å². The van der Waals surface area contributed by atoms with Crippen molar-refractivity contribution in [2.75, 3.05) is 0 Å². The van der Waals surface area contributed by atoms with Gasteiger partial charge in [0.05, 0.1) is 5.69 Å². The van der Waals surface area contributed by atoms with Gasteiger partial charge in [0.15, 0.2) is 0 Å². The van der Waals surface area contributed by atoms with Gasteiger partial charge in [0.1, 0.15) is 0 Å². The Morgan fingerprint density at radius 2 is 2.07 bits per heavy atom. The van der Waals surface area contributed by atoms with Gasteiger partial charge in [-0.3, -0.25) is 4.40 Å². The Bertz CT molecular complexity index is 404. The lowest BCUT2D eigenvalue weighted by atomic mass is 10.3. The zero-order valence-electron chi connectivity index (χ0n) is 9.28. The van der Waals surface area contributed by atoms with E-state index in [9.17, 15) is 0 Å². The first-order chi connectivity index (χ1) is 6.83. The number of imidazole rings is 1. The van der Waals surface area contributed by atoms with Crippen molar-refractivity contribution in [1.29, 1.82) is 0 Å². The second-order valence-corrected chi connectivity index (χ2v) is 2.79. The van der Waals surface area contributed by atoms with Crippen LogP contribution in [-0.4, -0.2) is 14.4 Å². The highest BCUT2D eigenvalue weighted by Gasteiger charge is 2.04. The zero-order chi connectivity index (χ0) is 10.6. The van der Waals surface area contributed by atoms with Gasteiger partial charge in [0.2, 0.25) is 5.78 Å². The Hall–Kier alpha value is -1.38. The molecular weight excluding hydrogens is 174 g/mol. The van der Waals surface area contributed by atoms with E-state index in [2.05, 4.69) is 23.8 Å². The van der Waals surface area contributed by atoms with Gasteiger partial charge in [0.25, 0.3) is 0 Å². The molecule has 2 rings (SSSR count). The minimum Gasteiger partial charge on any atom is -0.288 e. The molecule has 0 spiro atoms. The number of nitrogens with zero attached hydrogens (tertiary/aromatic N) is 3. The molecule has 2 aromatic heterocycles. The van der Waals surface area contributed by atoms with E-state index in [1.54, 1.807) is 6.20 Å². The highest BCUT2D eigenvalue weighted by atomic mass is 15.1. The molecule has 0 amide bonds. The van der Waals surface area contributed by atoms with Gasteiger partial charge < -0.3 is 0 Å². The van der Waals surface area contributed by atoms with Gasteiger partial charge in [-0.15, -0.1) is 0 Å². The summed E-state index contributed by atoms with van der Waals surface area (Å²) in [4.78, 5) is 8.55. The lowest BCUT2D eigenvalue weighted by molar-refractivity contribution is 1.02. The monoisotopic (exact) mass is 191 g/mol. The normalized spacial score (nSPS) is 9.71. The van der Waals surface area contributed by atoms with E-state index in [4.69, 9.17) is 0 Å². The lowest BCUT2D eigenvalue weighted by Gasteiger charge is -1.93. The Kier molecular flexibility index (Phi) is 3.63. The molecule has 2 aromatic rings. The number of aromatic nitrogens is 3. The van der Waals surface area contributed by atoms with E-state index < -0.39 is 0 Å². The van der Waals surface area contributed by atoms with Crippen LogP contribution in [0.2, 0.25) is 0 Å². The van der Waals surface area contributed by atoms with Gasteiger partial charge in [0, 0.05) is 18.1 Å². The molecule has 0 saturated heterocycles. The van der Waals surface area contributed by atoms with Crippen molar-refractivity contribution in [3.05, 3.63) is 29.8 Å². The number of aryl methyl sites for hydroxylation is 2. The zero-order valence-corrected chi connectivity index (χ0v) is 9.28. The topological polar surface area (TPSA) is 30.2 Å². The third kappa shape index (κ3) is 1.76. The average molecular weight is 191 g/mol. The van der Waals surface area contributed by atoms with Crippen LogP contribution in [0.1, 0.15) is 32.2 Å². The predicted octanol–water partition coefficient (Wildman–Crippen LogP) is 2.63. The maximum Gasteiger partial charge on any atom is 0.234 e. The van der Waals surface area contributed by atoms with Crippen LogP contribution < -0.4 is 0 Å². The maximum absolute atomic E-state index is 4.38. The van der Waals surface area contributed by atoms with E-state index >= 15 is 0 Å². The molecule has 76 valence electrons. The van der Waals surface area contributed by atoms with Gasteiger partial charge >= 0.3 is 0 Å². The van der Waals surface area contributed by atoms with Crippen molar-refractivity contribution in [3.8, 4) is 0 Å². The summed E-state index contributed by atoms with van der Waals surface area (Å²) in [5, 5.41) is 0. The van der Waals surface area contributed by atoms with Crippen molar-refractivity contribution in [2.45, 2.75) is 34.1 Å². The molecule has 0 unspecified atom stereocenters. The van der Waals surface area contributed by atoms with Crippen LogP contribution in [0.5, 0.6) is 0 Å². The Balaban J connectivity index is 0.000000461. The van der Waals surface area contributed by atoms with E-state index in [1.165, 1.54) is 5.69 Å². The fourth-order valence-corrected chi connectivity index (χ4v) is 1.38. The van der Waals surface area contributed by atoms with Crippen molar-refractivity contribution in [3.63, 3.8) is 0 Å². The molecule has 2 heterocycles. The molecule has 0 aliphatic carbocycles. The minimum absolute atomic E-state index is 0.798. The second kappa shape index (κ2) is 4.74. The van der Waals surface area contributed by atoms with Gasteiger partial charge in [-0.25, -0.2) is 9.97 Å². The molecule has 0 atom stereocenters. The summed E-state index contributed by atoms with van der Waals surface area (Å²) in [6, 6.07) is 1.92. The minimum atomic E-state index is 0.798. The molecule has 3 heteroatoms. The van der Waals surface area contributed by atoms with Crippen molar-refractivity contribution < 1.29 is 0 Å². The van der Waals surface area contributed by atoms with Crippen molar-refractivity contribution >= 4 is 5.78 Å². The van der Waals surface area contributed by atoms with E-state index in [0.29, 0.717) is 0 Å².